The molecule has 1 unspecified atom stereocenters. The summed E-state index contributed by atoms with van der Waals surface area (Å²) in [6.45, 7) is 0. The first-order valence-electron chi connectivity index (χ1n) is 7.49. The first-order valence-corrected chi connectivity index (χ1v) is 8.41. The zero-order chi connectivity index (χ0) is 14.8. The average molecular weight is 351 g/mol. The number of hydrogen-bond acceptors (Lipinski definition) is 2. The molecule has 1 heterocycles. The van der Waals surface area contributed by atoms with Crippen LogP contribution < -0.4 is 10.6 Å². The molecule has 5 heteroatoms. The van der Waals surface area contributed by atoms with E-state index in [4.69, 9.17) is 0 Å². The molecule has 1 atom stereocenters. The van der Waals surface area contributed by atoms with Gasteiger partial charge in [0.25, 0.3) is 0 Å². The molecule has 0 spiro atoms. The van der Waals surface area contributed by atoms with Crippen LogP contribution in [0.2, 0.25) is 0 Å². The van der Waals surface area contributed by atoms with Crippen molar-refractivity contribution in [3.05, 3.63) is 23.8 Å². The van der Waals surface area contributed by atoms with Crippen molar-refractivity contribution in [2.45, 2.75) is 43.4 Å². The second kappa shape index (κ2) is 6.18. The fraction of sp³-hybridized carbons (Fsp3) is 0.500. The Balaban J connectivity index is 1.78. The molecule has 0 bridgehead atoms. The molecule has 2 aliphatic rings. The zero-order valence-corrected chi connectivity index (χ0v) is 13.4. The van der Waals surface area contributed by atoms with Gasteiger partial charge >= 0.3 is 0 Å². The normalized spacial score (nSPS) is 20.4. The Morgan fingerprint density at radius 3 is 2.48 bits per heavy atom. The molecule has 2 N–H and O–H groups in total. The molecule has 1 aliphatic heterocycles. The molecular formula is C16H19BrN2O2. The lowest BCUT2D eigenvalue weighted by Gasteiger charge is -2.17. The van der Waals surface area contributed by atoms with Gasteiger partial charge in [0.15, 0.2) is 0 Å². The summed E-state index contributed by atoms with van der Waals surface area (Å²) in [4.78, 5) is 23.4. The third-order valence-electron chi connectivity index (χ3n) is 4.29. The largest absolute Gasteiger partial charge is 0.324 e. The maximum Gasteiger partial charge on any atom is 0.233 e. The van der Waals surface area contributed by atoms with Gasteiger partial charge in [-0.05, 0) is 30.0 Å². The van der Waals surface area contributed by atoms with Gasteiger partial charge in [0.05, 0.1) is 11.4 Å². The Kier molecular flexibility index (Phi) is 4.29. The number of fused-ring (bicyclic) bond motifs is 1. The number of alkyl halides is 1. The number of rotatable bonds is 3. The number of nitrogens with one attached hydrogen (secondary N) is 2. The van der Waals surface area contributed by atoms with Crippen molar-refractivity contribution in [3.8, 4) is 0 Å². The molecule has 1 saturated carbocycles. The minimum Gasteiger partial charge on any atom is -0.324 e. The minimum absolute atomic E-state index is 0.121. The number of benzene rings is 1. The molecule has 3 rings (SSSR count). The number of carbonyl (C=O) groups excluding carboxylic acids is 2. The van der Waals surface area contributed by atoms with Crippen LogP contribution in [0.5, 0.6) is 0 Å². The van der Waals surface area contributed by atoms with Crippen molar-refractivity contribution in [2.24, 2.45) is 5.92 Å². The molecule has 1 fully saturated rings. The SMILES string of the molecule is O=C1CC(=O)Nc2cc(C(Br)CC3CCCC3)ccc2N1. The van der Waals surface area contributed by atoms with Gasteiger partial charge in [-0.25, -0.2) is 0 Å². The molecule has 4 nitrogen and oxygen atoms in total. The lowest BCUT2D eigenvalue weighted by atomic mass is 9.97. The first kappa shape index (κ1) is 14.6. The second-order valence-electron chi connectivity index (χ2n) is 5.93. The average Bonchev–Trinajstić information content (AvgIpc) is 2.87. The van der Waals surface area contributed by atoms with Crippen LogP contribution in [0, 0.1) is 5.92 Å². The summed E-state index contributed by atoms with van der Waals surface area (Å²) >= 11 is 3.77. The Hall–Kier alpha value is -1.36. The topological polar surface area (TPSA) is 58.2 Å². The Bertz CT molecular complexity index is 567. The summed E-state index contributed by atoms with van der Waals surface area (Å²) in [5.41, 5.74) is 2.52. The summed E-state index contributed by atoms with van der Waals surface area (Å²) in [6, 6.07) is 5.86. The van der Waals surface area contributed by atoms with E-state index in [9.17, 15) is 9.59 Å². The van der Waals surface area contributed by atoms with Crippen molar-refractivity contribution < 1.29 is 9.59 Å². The van der Waals surface area contributed by atoms with E-state index in [1.807, 2.05) is 18.2 Å². The lowest BCUT2D eigenvalue weighted by Crippen LogP contribution is -2.16. The number of carbonyl (C=O) groups is 2. The van der Waals surface area contributed by atoms with Crippen molar-refractivity contribution in [3.63, 3.8) is 0 Å². The van der Waals surface area contributed by atoms with Crippen LogP contribution in [0.3, 0.4) is 0 Å². The zero-order valence-electron chi connectivity index (χ0n) is 11.8. The van der Waals surface area contributed by atoms with Gasteiger partial charge in [-0.2, -0.15) is 0 Å². The molecule has 1 aromatic carbocycles. The molecular weight excluding hydrogens is 332 g/mol. The maximum atomic E-state index is 11.6. The number of amides is 2. The smallest absolute Gasteiger partial charge is 0.233 e. The van der Waals surface area contributed by atoms with Gasteiger partial charge in [-0.3, -0.25) is 9.59 Å². The van der Waals surface area contributed by atoms with E-state index < -0.39 is 0 Å². The van der Waals surface area contributed by atoms with Crippen LogP contribution in [0.15, 0.2) is 18.2 Å². The standard InChI is InChI=1S/C16H19BrN2O2/c17-12(7-10-3-1-2-4-10)11-5-6-13-14(8-11)19-16(21)9-15(20)18-13/h5-6,8,10,12H,1-4,7,9H2,(H,18,20)(H,19,21). The van der Waals surface area contributed by atoms with Crippen LogP contribution in [0.25, 0.3) is 0 Å². The highest BCUT2D eigenvalue weighted by Gasteiger charge is 2.22. The van der Waals surface area contributed by atoms with Gasteiger partial charge in [0.2, 0.25) is 11.8 Å². The molecule has 0 radical (unpaired) electrons. The van der Waals surface area contributed by atoms with Gasteiger partial charge < -0.3 is 10.6 Å². The van der Waals surface area contributed by atoms with Gasteiger partial charge in [-0.15, -0.1) is 0 Å². The Morgan fingerprint density at radius 2 is 1.76 bits per heavy atom. The first-order chi connectivity index (χ1) is 10.1. The predicted molar refractivity (Wildman–Crippen MR) is 86.6 cm³/mol. The van der Waals surface area contributed by atoms with Crippen molar-refractivity contribution in [1.29, 1.82) is 0 Å². The second-order valence-corrected chi connectivity index (χ2v) is 7.04. The highest BCUT2D eigenvalue weighted by atomic mass is 79.9. The molecule has 0 saturated heterocycles. The van der Waals surface area contributed by atoms with E-state index in [-0.39, 0.29) is 18.2 Å². The van der Waals surface area contributed by atoms with Crippen LogP contribution in [0.4, 0.5) is 11.4 Å². The quantitative estimate of drug-likeness (QED) is 0.639. The minimum atomic E-state index is -0.264. The van der Waals surface area contributed by atoms with Gasteiger partial charge in [0, 0.05) is 4.83 Å². The predicted octanol–water partition coefficient (Wildman–Crippen LogP) is 3.98. The summed E-state index contributed by atoms with van der Waals surface area (Å²) in [5.74, 6) is 0.271. The molecule has 1 aromatic rings. The van der Waals surface area contributed by atoms with E-state index in [1.165, 1.54) is 25.7 Å². The van der Waals surface area contributed by atoms with Gasteiger partial charge in [-0.1, -0.05) is 47.7 Å². The molecule has 1 aliphatic carbocycles. The summed E-state index contributed by atoms with van der Waals surface area (Å²) < 4.78 is 0. The third kappa shape index (κ3) is 3.46. The van der Waals surface area contributed by atoms with E-state index in [0.717, 1.165) is 17.9 Å². The Labute approximate surface area is 132 Å². The van der Waals surface area contributed by atoms with E-state index in [0.29, 0.717) is 16.2 Å². The van der Waals surface area contributed by atoms with Gasteiger partial charge in [0.1, 0.15) is 6.42 Å². The van der Waals surface area contributed by atoms with E-state index in [1.54, 1.807) is 0 Å². The fourth-order valence-corrected chi connectivity index (χ4v) is 3.99. The highest BCUT2D eigenvalue weighted by molar-refractivity contribution is 9.09. The van der Waals surface area contributed by atoms with Crippen LogP contribution in [-0.2, 0) is 9.59 Å². The summed E-state index contributed by atoms with van der Waals surface area (Å²) in [7, 11) is 0. The number of halogens is 1. The third-order valence-corrected chi connectivity index (χ3v) is 5.19. The monoisotopic (exact) mass is 350 g/mol. The number of hydrogen-bond donors (Lipinski definition) is 2. The summed E-state index contributed by atoms with van der Waals surface area (Å²) in [5, 5.41) is 5.55. The highest BCUT2D eigenvalue weighted by Crippen LogP contribution is 2.39. The van der Waals surface area contributed by atoms with Crippen molar-refractivity contribution in [1.82, 2.24) is 0 Å². The molecule has 0 aromatic heterocycles. The number of anilines is 2. The van der Waals surface area contributed by atoms with Crippen LogP contribution >= 0.6 is 15.9 Å². The van der Waals surface area contributed by atoms with E-state index >= 15 is 0 Å². The van der Waals surface area contributed by atoms with Crippen molar-refractivity contribution >= 4 is 39.1 Å². The molecule has 112 valence electrons. The van der Waals surface area contributed by atoms with E-state index in [2.05, 4.69) is 26.6 Å². The van der Waals surface area contributed by atoms with Crippen LogP contribution in [-0.4, -0.2) is 11.8 Å². The molecule has 2 amide bonds. The Morgan fingerprint density at radius 1 is 1.10 bits per heavy atom. The lowest BCUT2D eigenvalue weighted by molar-refractivity contribution is -0.123. The molecule has 21 heavy (non-hydrogen) atoms. The maximum absolute atomic E-state index is 11.6. The van der Waals surface area contributed by atoms with Crippen LogP contribution in [0.1, 0.15) is 48.9 Å². The fourth-order valence-electron chi connectivity index (χ4n) is 3.18. The summed E-state index contributed by atoms with van der Waals surface area (Å²) in [6.07, 6.45) is 6.33. The van der Waals surface area contributed by atoms with Crippen molar-refractivity contribution in [2.75, 3.05) is 10.6 Å².